The molecule has 0 aromatic heterocycles. The molecule has 54 heavy (non-hydrogen) atoms. The van der Waals surface area contributed by atoms with E-state index in [4.69, 9.17) is 42.1 Å². The molecule has 4 rings (SSSR count). The third-order valence-corrected chi connectivity index (χ3v) is 7.85. The lowest BCUT2D eigenvalue weighted by molar-refractivity contribution is -0.385. The molecule has 0 spiro atoms. The van der Waals surface area contributed by atoms with Crippen LogP contribution in [-0.2, 0) is 21.8 Å². The van der Waals surface area contributed by atoms with Crippen LogP contribution < -0.4 is 9.47 Å². The number of nitrogens with zero attached hydrogens (tertiary/aromatic N) is 2. The van der Waals surface area contributed by atoms with Crippen molar-refractivity contribution >= 4 is 46.5 Å². The molecule has 4 aromatic carbocycles. The van der Waals surface area contributed by atoms with E-state index in [-0.39, 0.29) is 35.8 Å². The van der Waals surface area contributed by atoms with Crippen LogP contribution in [0.15, 0.2) is 72.8 Å². The number of carbonyl (C=O) groups is 2. The summed E-state index contributed by atoms with van der Waals surface area (Å²) in [4.78, 5) is 48.5. The Morgan fingerprint density at radius 1 is 0.667 bits per heavy atom. The maximum atomic E-state index is 13.4. The molecule has 0 saturated carbocycles. The molecule has 0 N–H and O–H groups in total. The van der Waals surface area contributed by atoms with Gasteiger partial charge in [-0.2, -0.15) is 26.3 Å². The highest BCUT2D eigenvalue weighted by atomic mass is 35.5. The van der Waals surface area contributed by atoms with E-state index < -0.39 is 84.1 Å². The van der Waals surface area contributed by atoms with Crippen LogP contribution in [-0.4, -0.2) is 28.1 Å². The maximum Gasteiger partial charge on any atom is 0.416 e. The predicted molar refractivity (Wildman–Crippen MR) is 178 cm³/mol. The van der Waals surface area contributed by atoms with Gasteiger partial charge in [0.25, 0.3) is 11.4 Å². The molecule has 286 valence electrons. The summed E-state index contributed by atoms with van der Waals surface area (Å²) in [6, 6.07) is 9.76. The second-order valence-corrected chi connectivity index (χ2v) is 11.9. The summed E-state index contributed by atoms with van der Waals surface area (Å²) in [5.74, 6) is -3.98. The van der Waals surface area contributed by atoms with Crippen LogP contribution in [0.4, 0.5) is 37.7 Å². The second kappa shape index (κ2) is 17.0. The number of esters is 2. The van der Waals surface area contributed by atoms with E-state index in [0.29, 0.717) is 37.1 Å². The first-order chi connectivity index (χ1) is 25.3. The van der Waals surface area contributed by atoms with Crippen LogP contribution in [0, 0.1) is 20.2 Å². The monoisotopic (exact) mass is 804 g/mol. The van der Waals surface area contributed by atoms with Crippen molar-refractivity contribution < 1.29 is 64.7 Å². The van der Waals surface area contributed by atoms with Crippen LogP contribution in [0.2, 0.25) is 10.0 Å². The number of unbranched alkanes of at least 4 members (excludes halogenated alkanes) is 2. The molecule has 0 bridgehead atoms. The Balaban J connectivity index is 1.61. The third-order valence-electron chi connectivity index (χ3n) is 7.26. The largest absolute Gasteiger partial charge is 0.456 e. The maximum absolute atomic E-state index is 13.4. The number of halogens is 8. The number of rotatable bonds is 14. The Bertz CT molecular complexity index is 1940. The fraction of sp³-hybridized carbons (Fsp3) is 0.235. The summed E-state index contributed by atoms with van der Waals surface area (Å²) in [5, 5.41) is 22.7. The average Bonchev–Trinajstić information content (AvgIpc) is 3.08. The Kier molecular flexibility index (Phi) is 13.0. The van der Waals surface area contributed by atoms with Crippen LogP contribution in [0.3, 0.4) is 0 Å². The van der Waals surface area contributed by atoms with E-state index in [0.717, 1.165) is 48.5 Å². The van der Waals surface area contributed by atoms with Crippen LogP contribution in [0.25, 0.3) is 0 Å². The van der Waals surface area contributed by atoms with Crippen molar-refractivity contribution in [2.24, 2.45) is 0 Å². The van der Waals surface area contributed by atoms with Crippen molar-refractivity contribution in [3.63, 3.8) is 0 Å². The molecule has 0 aliphatic heterocycles. The van der Waals surface area contributed by atoms with Gasteiger partial charge in [0.05, 0.1) is 31.0 Å². The zero-order chi connectivity index (χ0) is 40.0. The molecule has 0 unspecified atom stereocenters. The number of hydrogen-bond donors (Lipinski definition) is 0. The highest BCUT2D eigenvalue weighted by Gasteiger charge is 2.33. The molecule has 0 atom stereocenters. The Morgan fingerprint density at radius 3 is 1.41 bits per heavy atom. The van der Waals surface area contributed by atoms with E-state index in [1.165, 1.54) is 0 Å². The molecule has 0 aliphatic carbocycles. The van der Waals surface area contributed by atoms with Gasteiger partial charge in [-0.25, -0.2) is 9.59 Å². The second-order valence-electron chi connectivity index (χ2n) is 11.1. The van der Waals surface area contributed by atoms with Crippen molar-refractivity contribution in [1.29, 1.82) is 0 Å². The molecule has 0 aliphatic rings. The van der Waals surface area contributed by atoms with Gasteiger partial charge in [0.15, 0.2) is 0 Å². The minimum absolute atomic E-state index is 0.179. The molecule has 4 aromatic rings. The van der Waals surface area contributed by atoms with Crippen molar-refractivity contribution in [1.82, 2.24) is 0 Å². The van der Waals surface area contributed by atoms with Gasteiger partial charge in [0.1, 0.15) is 34.1 Å². The SMILES string of the molecule is CCCCCC(OC(=O)c1cc(Oc2ccc(C(F)(F)F)cc2Cl)ccc1[N+](=O)[O-])OC(=O)c1cc(Oc2ccc(C(F)(F)F)cc2Cl)ccc1[N+](=O)[O-]. The van der Waals surface area contributed by atoms with Crippen molar-refractivity contribution in [3.05, 3.63) is 125 Å². The number of ether oxygens (including phenoxy) is 4. The number of nitro groups is 2. The highest BCUT2D eigenvalue weighted by Crippen LogP contribution is 2.39. The van der Waals surface area contributed by atoms with E-state index in [2.05, 4.69) is 0 Å². The predicted octanol–water partition coefficient (Wildman–Crippen LogP) is 11.4. The number of hydrogen-bond acceptors (Lipinski definition) is 10. The summed E-state index contributed by atoms with van der Waals surface area (Å²) in [7, 11) is 0. The summed E-state index contributed by atoms with van der Waals surface area (Å²) in [6.07, 6.45) is -9.94. The highest BCUT2D eigenvalue weighted by molar-refractivity contribution is 6.32. The molecular formula is C34H24Cl2F6N2O10. The van der Waals surface area contributed by atoms with Gasteiger partial charge in [-0.1, -0.05) is 43.0 Å². The van der Waals surface area contributed by atoms with Gasteiger partial charge in [-0.05, 0) is 55.0 Å². The number of alkyl halides is 6. The van der Waals surface area contributed by atoms with E-state index in [1.807, 2.05) is 6.92 Å². The Hall–Kier alpha value is -5.62. The molecule has 0 amide bonds. The normalized spacial score (nSPS) is 11.6. The quantitative estimate of drug-likeness (QED) is 0.0300. The van der Waals surface area contributed by atoms with E-state index in [1.54, 1.807) is 0 Å². The van der Waals surface area contributed by atoms with Gasteiger partial charge in [0, 0.05) is 30.7 Å². The number of benzene rings is 4. The molecular weight excluding hydrogens is 781 g/mol. The average molecular weight is 805 g/mol. The first kappa shape index (κ1) is 41.1. The minimum Gasteiger partial charge on any atom is -0.456 e. The Morgan fingerprint density at radius 2 is 1.07 bits per heavy atom. The number of nitro benzene ring substituents is 2. The lowest BCUT2D eigenvalue weighted by Crippen LogP contribution is -2.25. The fourth-order valence-electron chi connectivity index (χ4n) is 4.65. The molecule has 0 saturated heterocycles. The van der Waals surface area contributed by atoms with Crippen molar-refractivity contribution in [2.45, 2.75) is 51.2 Å². The topological polar surface area (TPSA) is 157 Å². The van der Waals surface area contributed by atoms with E-state index in [9.17, 15) is 56.2 Å². The molecule has 20 heteroatoms. The van der Waals surface area contributed by atoms with Gasteiger partial charge < -0.3 is 18.9 Å². The summed E-state index contributed by atoms with van der Waals surface area (Å²) in [6.45, 7) is 1.82. The molecule has 0 radical (unpaired) electrons. The fourth-order valence-corrected chi connectivity index (χ4v) is 5.08. The van der Waals surface area contributed by atoms with Gasteiger partial charge in [0.2, 0.25) is 6.29 Å². The smallest absolute Gasteiger partial charge is 0.416 e. The molecule has 0 heterocycles. The van der Waals surface area contributed by atoms with Crippen LogP contribution in [0.5, 0.6) is 23.0 Å². The van der Waals surface area contributed by atoms with Gasteiger partial charge >= 0.3 is 24.3 Å². The molecule has 0 fully saturated rings. The molecule has 12 nitrogen and oxygen atoms in total. The van der Waals surface area contributed by atoms with Gasteiger partial charge in [-0.15, -0.1) is 0 Å². The lowest BCUT2D eigenvalue weighted by Gasteiger charge is -2.19. The third kappa shape index (κ3) is 10.5. The lowest BCUT2D eigenvalue weighted by atomic mass is 10.1. The summed E-state index contributed by atoms with van der Waals surface area (Å²) < 4.78 is 100.0. The zero-order valence-electron chi connectivity index (χ0n) is 27.3. The van der Waals surface area contributed by atoms with Crippen molar-refractivity contribution in [3.8, 4) is 23.0 Å². The van der Waals surface area contributed by atoms with Crippen LogP contribution in [0.1, 0.15) is 64.4 Å². The van der Waals surface area contributed by atoms with Gasteiger partial charge in [-0.3, -0.25) is 20.2 Å². The van der Waals surface area contributed by atoms with Crippen molar-refractivity contribution in [2.75, 3.05) is 0 Å². The minimum atomic E-state index is -4.71. The first-order valence-electron chi connectivity index (χ1n) is 15.4. The first-order valence-corrected chi connectivity index (χ1v) is 16.1. The van der Waals surface area contributed by atoms with E-state index >= 15 is 0 Å². The van der Waals surface area contributed by atoms with Crippen LogP contribution >= 0.6 is 23.2 Å². The number of carbonyl (C=O) groups excluding carboxylic acids is 2. The summed E-state index contributed by atoms with van der Waals surface area (Å²) >= 11 is 11.9. The summed E-state index contributed by atoms with van der Waals surface area (Å²) in [5.41, 5.74) is -5.22. The standard InChI is InChI=1S/C34H24Cl2F6N2O10/c1-2-3-4-5-30(53-31(45)22-16-20(8-10-26(22)43(47)48)51-28-12-6-18(14-24(28)35)33(37,38)39)54-32(46)23-17-21(9-11-27(23)44(49)50)52-29-13-7-19(15-25(29)36)34(40,41)42/h6-17,30H,2-5H2,1H3. The Labute approximate surface area is 310 Å². The zero-order valence-corrected chi connectivity index (χ0v) is 28.8.